The second kappa shape index (κ2) is 37.9. The van der Waals surface area contributed by atoms with Crippen LogP contribution >= 0.6 is 0 Å². The van der Waals surface area contributed by atoms with Gasteiger partial charge in [-0.1, -0.05) is 305 Å². The zero-order chi connectivity index (χ0) is 56.6. The molecule has 0 heterocycles. The van der Waals surface area contributed by atoms with Crippen molar-refractivity contribution < 1.29 is 0 Å². The summed E-state index contributed by atoms with van der Waals surface area (Å²) in [6.45, 7) is 45.3. The van der Waals surface area contributed by atoms with E-state index >= 15 is 0 Å². The summed E-state index contributed by atoms with van der Waals surface area (Å²) in [6.07, 6.45) is 65.6. The Hall–Kier alpha value is 0. The molecule has 8 fully saturated rings. The summed E-state index contributed by atoms with van der Waals surface area (Å²) in [4.78, 5) is 0. The highest BCUT2D eigenvalue weighted by Crippen LogP contribution is 2.46. The molecule has 8 aliphatic carbocycles. The van der Waals surface area contributed by atoms with E-state index in [2.05, 4.69) is 132 Å². The normalized spacial score (nSPS) is 32.0. The molecule has 8 rings (SSSR count). The maximum absolute atomic E-state index is 2.47. The van der Waals surface area contributed by atoms with Crippen molar-refractivity contribution in [3.05, 3.63) is 0 Å². The fraction of sp³-hybridized carbons (Fsp3) is 1.00. The van der Waals surface area contributed by atoms with Gasteiger partial charge in [-0.05, 0) is 177 Å². The molecule has 75 heavy (non-hydrogen) atoms. The number of hydrogen-bond donors (Lipinski definition) is 0. The fourth-order valence-electron chi connectivity index (χ4n) is 16.1. The van der Waals surface area contributed by atoms with Gasteiger partial charge in [0.15, 0.2) is 0 Å². The minimum absolute atomic E-state index is 0.679. The molecule has 6 unspecified atom stereocenters. The Bertz CT molecular complexity index is 1220. The second-order valence-corrected chi connectivity index (χ2v) is 32.0. The lowest BCUT2D eigenvalue weighted by atomic mass is 9.67. The molecule has 0 amide bonds. The minimum Gasteiger partial charge on any atom is -0.0654 e. The molecule has 450 valence electrons. The van der Waals surface area contributed by atoms with Crippen LogP contribution in [0.2, 0.25) is 0 Å². The zero-order valence-corrected chi connectivity index (χ0v) is 56.6. The average molecular weight is 1050 g/mol. The molecule has 0 aliphatic heterocycles. The molecule has 0 saturated heterocycles. The summed E-state index contributed by atoms with van der Waals surface area (Å²) in [7, 11) is 0. The molecule has 0 N–H and O–H groups in total. The van der Waals surface area contributed by atoms with Crippen LogP contribution in [0.25, 0.3) is 0 Å². The quantitative estimate of drug-likeness (QED) is 0.205. The highest BCUT2D eigenvalue weighted by molar-refractivity contribution is 4.85. The number of hydrogen-bond acceptors (Lipinski definition) is 0. The SMILES string of the molecule is CC1(C)CCCCC1.CCC1(C)CCC(C)C1.CCC1(C)CCCCC1.CCC1(C)CCCCC1.CCC1(C)CCCCC1C.CCCC1(C)CCC(C)C1.CCCC1(C)CCCCC1.CCCC1(C)CCCCC1. The van der Waals surface area contributed by atoms with Gasteiger partial charge in [0.05, 0.1) is 0 Å². The highest BCUT2D eigenvalue weighted by Gasteiger charge is 2.34. The van der Waals surface area contributed by atoms with Gasteiger partial charge < -0.3 is 0 Å². The summed E-state index contributed by atoms with van der Waals surface area (Å²) in [5, 5.41) is 0. The Morgan fingerprint density at radius 2 is 0.560 bits per heavy atom. The summed E-state index contributed by atoms with van der Waals surface area (Å²) in [5.74, 6) is 2.96. The summed E-state index contributed by atoms with van der Waals surface area (Å²) in [6, 6.07) is 0. The van der Waals surface area contributed by atoms with Gasteiger partial charge in [0, 0.05) is 0 Å². The Labute approximate surface area is 479 Å². The lowest BCUT2D eigenvalue weighted by Crippen LogP contribution is -2.27. The summed E-state index contributed by atoms with van der Waals surface area (Å²) >= 11 is 0. The minimum atomic E-state index is 0.679. The van der Waals surface area contributed by atoms with Crippen molar-refractivity contribution in [2.45, 2.75) is 420 Å². The van der Waals surface area contributed by atoms with Gasteiger partial charge in [-0.2, -0.15) is 0 Å². The largest absolute Gasteiger partial charge is 0.0654 e. The molecular weight excluding hydrogens is 901 g/mol. The van der Waals surface area contributed by atoms with Crippen LogP contribution in [-0.2, 0) is 0 Å². The zero-order valence-electron chi connectivity index (χ0n) is 56.6. The first-order chi connectivity index (χ1) is 35.3. The van der Waals surface area contributed by atoms with Gasteiger partial charge in [0.25, 0.3) is 0 Å². The highest BCUT2D eigenvalue weighted by atomic mass is 14.4. The van der Waals surface area contributed by atoms with E-state index in [-0.39, 0.29) is 0 Å². The van der Waals surface area contributed by atoms with Crippen molar-refractivity contribution in [1.29, 1.82) is 0 Å². The van der Waals surface area contributed by atoms with Gasteiger partial charge in [-0.3, -0.25) is 0 Å². The van der Waals surface area contributed by atoms with Crippen molar-refractivity contribution in [1.82, 2.24) is 0 Å². The van der Waals surface area contributed by atoms with Crippen LogP contribution in [-0.4, -0.2) is 0 Å². The van der Waals surface area contributed by atoms with Gasteiger partial charge in [-0.15, -0.1) is 0 Å². The first kappa shape index (κ1) is 73.0. The van der Waals surface area contributed by atoms with Crippen molar-refractivity contribution in [3.63, 3.8) is 0 Å². The molecule has 0 bridgehead atoms. The van der Waals surface area contributed by atoms with E-state index in [0.29, 0.717) is 21.7 Å². The lowest BCUT2D eigenvalue weighted by molar-refractivity contribution is 0.125. The molecule has 0 radical (unpaired) electrons. The number of rotatable bonds is 10. The van der Waals surface area contributed by atoms with Gasteiger partial charge in [0.2, 0.25) is 0 Å². The molecule has 0 heteroatoms. The Morgan fingerprint density at radius 3 is 0.773 bits per heavy atom. The van der Waals surface area contributed by atoms with E-state index < -0.39 is 0 Å². The summed E-state index contributed by atoms with van der Waals surface area (Å²) < 4.78 is 0. The lowest BCUT2D eigenvalue weighted by Gasteiger charge is -2.39. The van der Waals surface area contributed by atoms with E-state index in [1.54, 1.807) is 0 Å². The molecule has 0 spiro atoms. The van der Waals surface area contributed by atoms with Crippen LogP contribution < -0.4 is 0 Å². The van der Waals surface area contributed by atoms with E-state index in [9.17, 15) is 0 Å². The maximum atomic E-state index is 2.47. The third kappa shape index (κ3) is 31.7. The third-order valence-corrected chi connectivity index (χ3v) is 23.4. The Morgan fingerprint density at radius 1 is 0.267 bits per heavy atom. The standard InChI is InChI=1S/4C10H20.3C9H18.C8H16/c1-4-10(3)8-6-5-7-9(10)2;1-4-6-10(3)7-5-9(2)8-10;2*1-3-7-10(2)8-5-4-6-9-10;1-4-9(3)6-5-8(2)7-9;2*1-3-9(2)7-5-4-6-8-9;1-8(2)6-4-3-5-7-8/h2*9H,4-8H2,1-3H3;2*3-9H2,1-2H3;8H,4-7H2,1-3H3;2*3-8H2,1-2H3;3-7H2,1-2H3. The van der Waals surface area contributed by atoms with Crippen molar-refractivity contribution in [3.8, 4) is 0 Å². The monoisotopic (exact) mass is 1050 g/mol. The van der Waals surface area contributed by atoms with Crippen molar-refractivity contribution in [2.24, 2.45) is 61.1 Å². The van der Waals surface area contributed by atoms with E-state index in [4.69, 9.17) is 0 Å². The smallest absolute Gasteiger partial charge is 0.0303 e. The van der Waals surface area contributed by atoms with Crippen LogP contribution in [0.15, 0.2) is 0 Å². The first-order valence-electron chi connectivity index (χ1n) is 35.3. The van der Waals surface area contributed by atoms with Crippen LogP contribution in [0, 0.1) is 61.1 Å². The van der Waals surface area contributed by atoms with E-state index in [1.165, 1.54) is 289 Å². The molecule has 0 nitrogen and oxygen atoms in total. The van der Waals surface area contributed by atoms with E-state index in [1.807, 2.05) is 0 Å². The molecule has 8 saturated carbocycles. The van der Waals surface area contributed by atoms with Crippen LogP contribution in [0.3, 0.4) is 0 Å². The van der Waals surface area contributed by atoms with Gasteiger partial charge in [-0.25, -0.2) is 0 Å². The molecule has 0 aromatic rings. The fourth-order valence-corrected chi connectivity index (χ4v) is 16.1. The molecule has 6 atom stereocenters. The van der Waals surface area contributed by atoms with E-state index in [0.717, 1.165) is 39.4 Å². The predicted molar refractivity (Wildman–Crippen MR) is 346 cm³/mol. The molecular formula is C75H150. The Balaban J connectivity index is 0.000000429. The van der Waals surface area contributed by atoms with Gasteiger partial charge >= 0.3 is 0 Å². The first-order valence-corrected chi connectivity index (χ1v) is 35.3. The van der Waals surface area contributed by atoms with Crippen molar-refractivity contribution >= 4 is 0 Å². The average Bonchev–Trinajstić information content (AvgIpc) is 3.93. The van der Waals surface area contributed by atoms with Gasteiger partial charge in [0.1, 0.15) is 0 Å². The topological polar surface area (TPSA) is 0 Å². The molecule has 8 aliphatic rings. The summed E-state index contributed by atoms with van der Waals surface area (Å²) in [5.41, 5.74) is 5.68. The van der Waals surface area contributed by atoms with Crippen LogP contribution in [0.5, 0.6) is 0 Å². The maximum Gasteiger partial charge on any atom is -0.0303 e. The predicted octanol–water partition coefficient (Wildman–Crippen LogP) is 27.7. The van der Waals surface area contributed by atoms with Crippen LogP contribution in [0.4, 0.5) is 0 Å². The van der Waals surface area contributed by atoms with Crippen molar-refractivity contribution in [2.75, 3.05) is 0 Å². The molecule has 0 aromatic carbocycles. The molecule has 0 aromatic heterocycles. The third-order valence-electron chi connectivity index (χ3n) is 23.4. The second-order valence-electron chi connectivity index (χ2n) is 32.0. The van der Waals surface area contributed by atoms with Crippen LogP contribution in [0.1, 0.15) is 420 Å². The Kier molecular flexibility index (Phi) is 36.9.